The maximum absolute atomic E-state index is 6.33. The number of fused-ring (bicyclic) bond motifs is 4. The molecular weight excluding hydrogens is 300 g/mol. The van der Waals surface area contributed by atoms with E-state index in [0.717, 1.165) is 67.7 Å². The van der Waals surface area contributed by atoms with Crippen molar-refractivity contribution < 1.29 is 9.47 Å². The van der Waals surface area contributed by atoms with Gasteiger partial charge in [0.15, 0.2) is 5.79 Å². The van der Waals surface area contributed by atoms with Crippen LogP contribution in [0.1, 0.15) is 12.0 Å². The van der Waals surface area contributed by atoms with Crippen LogP contribution in [0.2, 0.25) is 0 Å². The van der Waals surface area contributed by atoms with E-state index in [9.17, 15) is 0 Å². The first-order valence-electron chi connectivity index (χ1n) is 9.80. The molecule has 5 aliphatic carbocycles. The van der Waals surface area contributed by atoms with Crippen molar-refractivity contribution in [2.75, 3.05) is 19.8 Å². The molecule has 6 aliphatic rings. The summed E-state index contributed by atoms with van der Waals surface area (Å²) in [5.74, 6) is 6.68. The molecule has 1 saturated heterocycles. The van der Waals surface area contributed by atoms with Crippen LogP contribution >= 0.6 is 0 Å². The van der Waals surface area contributed by atoms with E-state index in [4.69, 9.17) is 9.47 Å². The average Bonchev–Trinajstić information content (AvgIpc) is 3.27. The fraction of sp³-hybridized carbons (Fsp3) is 0.750. The van der Waals surface area contributed by atoms with Crippen LogP contribution in [-0.2, 0) is 15.9 Å². The molecule has 4 nitrogen and oxygen atoms in total. The number of pyridine rings is 1. The molecule has 1 aliphatic heterocycles. The summed E-state index contributed by atoms with van der Waals surface area (Å²) < 4.78 is 12.7. The number of nitrogens with zero attached hydrogens (tertiary/aromatic N) is 1. The number of hydrogen-bond donors (Lipinski definition) is 1. The monoisotopic (exact) mass is 324 g/mol. The third kappa shape index (κ3) is 1.25. The maximum Gasteiger partial charge on any atom is 0.175 e. The van der Waals surface area contributed by atoms with Crippen LogP contribution < -0.4 is 5.32 Å². The zero-order valence-electron chi connectivity index (χ0n) is 13.8. The first-order valence-corrected chi connectivity index (χ1v) is 9.80. The van der Waals surface area contributed by atoms with Gasteiger partial charge in [0.1, 0.15) is 0 Å². The number of aromatic nitrogens is 1. The molecule has 24 heavy (non-hydrogen) atoms. The van der Waals surface area contributed by atoms with Crippen LogP contribution in [0.4, 0.5) is 0 Å². The van der Waals surface area contributed by atoms with Crippen LogP contribution in [0.5, 0.6) is 0 Å². The fourth-order valence-corrected chi connectivity index (χ4v) is 8.52. The van der Waals surface area contributed by atoms with E-state index in [2.05, 4.69) is 22.4 Å². The highest BCUT2D eigenvalue weighted by Crippen LogP contribution is 2.86. The van der Waals surface area contributed by atoms with Gasteiger partial charge in [0.05, 0.1) is 13.2 Å². The first kappa shape index (κ1) is 13.3. The molecular formula is C20H24N2O2. The van der Waals surface area contributed by atoms with Gasteiger partial charge in [0.2, 0.25) is 0 Å². The van der Waals surface area contributed by atoms with Gasteiger partial charge in [-0.2, -0.15) is 0 Å². The lowest BCUT2D eigenvalue weighted by molar-refractivity contribution is -0.264. The second kappa shape index (κ2) is 4.22. The fourth-order valence-electron chi connectivity index (χ4n) is 8.52. The molecule has 0 aromatic carbocycles. The molecule has 7 rings (SSSR count). The van der Waals surface area contributed by atoms with Gasteiger partial charge < -0.3 is 14.8 Å². The molecule has 1 spiro atoms. The van der Waals surface area contributed by atoms with E-state index in [0.29, 0.717) is 11.8 Å². The molecule has 0 amide bonds. The summed E-state index contributed by atoms with van der Waals surface area (Å²) in [4.78, 5) is 4.12. The molecule has 5 saturated carbocycles. The normalized spacial score (nSPS) is 53.4. The molecule has 0 unspecified atom stereocenters. The van der Waals surface area contributed by atoms with Crippen LogP contribution in [0.3, 0.4) is 0 Å². The lowest BCUT2D eigenvalue weighted by Gasteiger charge is -2.54. The minimum absolute atomic E-state index is 0.157. The van der Waals surface area contributed by atoms with Crippen molar-refractivity contribution in [2.45, 2.75) is 24.7 Å². The predicted octanol–water partition coefficient (Wildman–Crippen LogP) is 1.71. The lowest BCUT2D eigenvalue weighted by atomic mass is 9.57. The molecule has 126 valence electrons. The zero-order chi connectivity index (χ0) is 15.5. The van der Waals surface area contributed by atoms with Crippen molar-refractivity contribution in [3.8, 4) is 0 Å². The molecule has 2 bridgehead atoms. The van der Waals surface area contributed by atoms with Gasteiger partial charge in [-0.1, -0.05) is 0 Å². The van der Waals surface area contributed by atoms with Crippen molar-refractivity contribution in [1.29, 1.82) is 0 Å². The van der Waals surface area contributed by atoms with E-state index in [1.807, 2.05) is 12.4 Å². The van der Waals surface area contributed by atoms with Gasteiger partial charge in [0.25, 0.3) is 0 Å². The van der Waals surface area contributed by atoms with E-state index in [1.165, 1.54) is 12.0 Å². The number of hydrogen-bond acceptors (Lipinski definition) is 4. The SMILES string of the molecule is c1cc(CCN[C@@H]2[C@H]3[C@H]4[C@@H]5C[C@@H]6[C@H]4[C@H]3C3(OCCO3)[C@@H]6[C@@H]52)ccn1. The highest BCUT2D eigenvalue weighted by Gasteiger charge is 2.88. The highest BCUT2D eigenvalue weighted by molar-refractivity contribution is 5.34. The Balaban J connectivity index is 1.15. The molecule has 4 heteroatoms. The third-order valence-corrected chi connectivity index (χ3v) is 8.66. The summed E-state index contributed by atoms with van der Waals surface area (Å²) in [7, 11) is 0. The molecule has 1 aromatic heterocycles. The predicted molar refractivity (Wildman–Crippen MR) is 86.9 cm³/mol. The topological polar surface area (TPSA) is 43.4 Å². The van der Waals surface area contributed by atoms with Crippen molar-refractivity contribution in [2.24, 2.45) is 47.3 Å². The molecule has 1 N–H and O–H groups in total. The Morgan fingerprint density at radius 2 is 1.83 bits per heavy atom. The van der Waals surface area contributed by atoms with Gasteiger partial charge in [0, 0.05) is 30.3 Å². The van der Waals surface area contributed by atoms with Gasteiger partial charge in [-0.3, -0.25) is 4.98 Å². The summed E-state index contributed by atoms with van der Waals surface area (Å²) in [5.41, 5.74) is 1.39. The van der Waals surface area contributed by atoms with Crippen LogP contribution in [0.25, 0.3) is 0 Å². The summed E-state index contributed by atoms with van der Waals surface area (Å²) in [6.45, 7) is 2.73. The van der Waals surface area contributed by atoms with Crippen molar-refractivity contribution >= 4 is 0 Å². The van der Waals surface area contributed by atoms with Gasteiger partial charge in [-0.15, -0.1) is 0 Å². The summed E-state index contributed by atoms with van der Waals surface area (Å²) in [6.07, 6.45) is 6.37. The Bertz CT molecular complexity index is 688. The third-order valence-electron chi connectivity index (χ3n) is 8.66. The maximum atomic E-state index is 6.33. The largest absolute Gasteiger partial charge is 0.347 e. The number of rotatable bonds is 4. The number of nitrogens with one attached hydrogen (secondary N) is 1. The highest BCUT2D eigenvalue weighted by atomic mass is 16.7. The first-order chi connectivity index (χ1) is 11.9. The Hall–Kier alpha value is -0.970. The Morgan fingerprint density at radius 1 is 1.00 bits per heavy atom. The van der Waals surface area contributed by atoms with Crippen LogP contribution in [0.15, 0.2) is 24.5 Å². The molecule has 9 atom stereocenters. The molecule has 0 radical (unpaired) electrons. The van der Waals surface area contributed by atoms with Crippen LogP contribution in [0, 0.1) is 47.3 Å². The minimum atomic E-state index is -0.157. The van der Waals surface area contributed by atoms with E-state index < -0.39 is 0 Å². The van der Waals surface area contributed by atoms with Crippen molar-refractivity contribution in [1.82, 2.24) is 10.3 Å². The second-order valence-corrected chi connectivity index (χ2v) is 8.93. The van der Waals surface area contributed by atoms with Crippen LogP contribution in [-0.4, -0.2) is 36.6 Å². The minimum Gasteiger partial charge on any atom is -0.347 e. The summed E-state index contributed by atoms with van der Waals surface area (Å²) >= 11 is 0. The summed E-state index contributed by atoms with van der Waals surface area (Å²) in [5, 5.41) is 3.98. The standard InChI is InChI=1S/C20H24N2O2/c1-4-21-5-2-10(1)3-6-22-19-15-11-9-12-14-13(11)16(19)18(14)20(17(12)15)23-7-8-24-20/h1-2,4-5,11-19,22H,3,6-9H2/t11-,12+,13-,14+,15+,16-,17-,18+,19-/m0/s1. The average molecular weight is 324 g/mol. The summed E-state index contributed by atoms with van der Waals surface area (Å²) in [6, 6.07) is 4.99. The number of ether oxygens (including phenoxy) is 2. The van der Waals surface area contributed by atoms with E-state index >= 15 is 0 Å². The van der Waals surface area contributed by atoms with Crippen molar-refractivity contribution in [3.05, 3.63) is 30.1 Å². The van der Waals surface area contributed by atoms with E-state index in [-0.39, 0.29) is 5.79 Å². The lowest BCUT2D eigenvalue weighted by Crippen LogP contribution is -2.62. The van der Waals surface area contributed by atoms with Gasteiger partial charge >= 0.3 is 0 Å². The molecule has 6 fully saturated rings. The van der Waals surface area contributed by atoms with Gasteiger partial charge in [-0.05, 0) is 72.6 Å². The molecule has 1 aromatic rings. The van der Waals surface area contributed by atoms with Crippen molar-refractivity contribution in [3.63, 3.8) is 0 Å². The smallest absolute Gasteiger partial charge is 0.175 e. The Morgan fingerprint density at radius 3 is 2.67 bits per heavy atom. The Labute approximate surface area is 142 Å². The van der Waals surface area contributed by atoms with Gasteiger partial charge in [-0.25, -0.2) is 0 Å². The molecule has 2 heterocycles. The van der Waals surface area contributed by atoms with E-state index in [1.54, 1.807) is 0 Å². The quantitative estimate of drug-likeness (QED) is 0.916. The zero-order valence-corrected chi connectivity index (χ0v) is 13.8. The second-order valence-electron chi connectivity index (χ2n) is 8.93. The Kier molecular flexibility index (Phi) is 2.33.